The summed E-state index contributed by atoms with van der Waals surface area (Å²) >= 11 is 0. The van der Waals surface area contributed by atoms with E-state index in [1.165, 1.54) is 13.8 Å². The molecule has 0 aromatic carbocycles. The highest BCUT2D eigenvalue weighted by Crippen LogP contribution is 2.09. The Morgan fingerprint density at radius 2 is 0.830 bits per heavy atom. The van der Waals surface area contributed by atoms with Gasteiger partial charge in [0.05, 0.1) is 33.0 Å². The van der Waals surface area contributed by atoms with E-state index in [1.807, 2.05) is 0 Å². The zero-order valence-corrected chi connectivity index (χ0v) is 26.5. The van der Waals surface area contributed by atoms with Crippen LogP contribution in [0.1, 0.15) is 65.2 Å². The summed E-state index contributed by atoms with van der Waals surface area (Å²) in [4.78, 5) is 82.4. The largest absolute Gasteiger partial charge is 0.508 e. The van der Waals surface area contributed by atoms with Gasteiger partial charge < -0.3 is 47.4 Å². The average molecular weight is 679 g/mol. The van der Waals surface area contributed by atoms with E-state index in [9.17, 15) is 38.4 Å². The molecule has 0 aliphatic carbocycles. The van der Waals surface area contributed by atoms with Crippen LogP contribution in [0, 0.1) is 0 Å². The van der Waals surface area contributed by atoms with E-state index < -0.39 is 42.2 Å². The Hall–Kier alpha value is -4.48. The first-order valence-electron chi connectivity index (χ1n) is 15.0. The minimum absolute atomic E-state index is 0.0255. The van der Waals surface area contributed by atoms with Crippen LogP contribution < -0.4 is 0 Å². The van der Waals surface area contributed by atoms with Crippen LogP contribution in [0.3, 0.4) is 0 Å². The minimum Gasteiger partial charge on any atom is -0.466 e. The van der Waals surface area contributed by atoms with Crippen molar-refractivity contribution < 1.29 is 85.7 Å². The molecule has 0 aromatic rings. The van der Waals surface area contributed by atoms with Crippen LogP contribution in [0.25, 0.3) is 0 Å². The SMILES string of the molecule is CC1OC(=O)C(C)OC1=O.O=C1CCCCCO1.O=C1CCCCO1.O=C1COC(=O)CO1.O=C1COCCO1.O=C1OCCCO1. The fourth-order valence-electron chi connectivity index (χ4n) is 3.26. The number of hydrogen-bond donors (Lipinski definition) is 0. The molecule has 47 heavy (non-hydrogen) atoms. The van der Waals surface area contributed by atoms with Crippen molar-refractivity contribution in [2.75, 3.05) is 59.5 Å². The third-order valence-corrected chi connectivity index (χ3v) is 5.72. The van der Waals surface area contributed by atoms with Crippen LogP contribution in [0.5, 0.6) is 0 Å². The Balaban J connectivity index is 0.000000283. The molecule has 18 nitrogen and oxygen atoms in total. The van der Waals surface area contributed by atoms with Gasteiger partial charge in [-0.2, -0.15) is 0 Å². The number of carbonyl (C=O) groups is 8. The van der Waals surface area contributed by atoms with E-state index in [0.717, 1.165) is 38.5 Å². The lowest BCUT2D eigenvalue weighted by Gasteiger charge is -2.22. The smallest absolute Gasteiger partial charge is 0.466 e. The molecule has 2 atom stereocenters. The summed E-state index contributed by atoms with van der Waals surface area (Å²) in [5.41, 5.74) is 0. The zero-order valence-electron chi connectivity index (χ0n) is 26.5. The Bertz CT molecular complexity index is 906. The molecule has 0 spiro atoms. The minimum atomic E-state index is -0.747. The van der Waals surface area contributed by atoms with Crippen LogP contribution in [-0.4, -0.2) is 120 Å². The van der Waals surface area contributed by atoms with Gasteiger partial charge in [0.25, 0.3) is 0 Å². The van der Waals surface area contributed by atoms with Crippen molar-refractivity contribution in [1.29, 1.82) is 0 Å². The molecule has 6 saturated heterocycles. The highest BCUT2D eigenvalue weighted by molar-refractivity contribution is 5.86. The molecule has 6 fully saturated rings. The van der Waals surface area contributed by atoms with Crippen molar-refractivity contribution >= 4 is 47.9 Å². The lowest BCUT2D eigenvalue weighted by atomic mass is 10.2. The predicted molar refractivity (Wildman–Crippen MR) is 151 cm³/mol. The molecular weight excluding hydrogens is 636 g/mol. The number of ether oxygens (including phenoxy) is 10. The van der Waals surface area contributed by atoms with Gasteiger partial charge in [0.15, 0.2) is 25.4 Å². The first-order chi connectivity index (χ1) is 22.5. The van der Waals surface area contributed by atoms with Gasteiger partial charge in [-0.05, 0) is 46.0 Å². The highest BCUT2D eigenvalue weighted by Gasteiger charge is 2.32. The van der Waals surface area contributed by atoms with E-state index >= 15 is 0 Å². The van der Waals surface area contributed by atoms with Crippen LogP contribution in [0.2, 0.25) is 0 Å². The third kappa shape index (κ3) is 21.8. The van der Waals surface area contributed by atoms with Crippen LogP contribution in [0.15, 0.2) is 0 Å². The van der Waals surface area contributed by atoms with Crippen LogP contribution in [-0.2, 0) is 80.9 Å². The van der Waals surface area contributed by atoms with Crippen molar-refractivity contribution in [2.45, 2.75) is 77.4 Å². The maximum absolute atomic E-state index is 10.7. The second kappa shape index (κ2) is 24.7. The topological polar surface area (TPSA) is 229 Å². The zero-order chi connectivity index (χ0) is 34.9. The van der Waals surface area contributed by atoms with Gasteiger partial charge in [-0.25, -0.2) is 28.8 Å². The van der Waals surface area contributed by atoms with E-state index in [1.54, 1.807) is 0 Å². The maximum atomic E-state index is 10.7. The third-order valence-electron chi connectivity index (χ3n) is 5.72. The van der Waals surface area contributed by atoms with E-state index in [0.29, 0.717) is 52.5 Å². The van der Waals surface area contributed by atoms with Gasteiger partial charge in [0.2, 0.25) is 0 Å². The predicted octanol–water partition coefficient (Wildman–Crippen LogP) is 0.870. The standard InChI is InChI=1S/C6H8O4.C6H10O2.C5H8O2.C4H4O4.2C4H6O3/c1-3-5(7)10-4(2)6(8)9-3;7-6-4-2-1-3-5-8-6;6-5-3-1-2-4-7-5;5-3-1-7-4(6)2-8-3;5-4-3-6-1-2-7-4;5-4-6-2-1-3-7-4/h3-4H,1-2H3;1-5H2;1-4H2;1-2H2;2*1-3H2. The molecule has 266 valence electrons. The molecule has 0 bridgehead atoms. The summed E-state index contributed by atoms with van der Waals surface area (Å²) in [5.74, 6) is -2.24. The monoisotopic (exact) mass is 678 g/mol. The van der Waals surface area contributed by atoms with E-state index in [4.69, 9.17) is 9.47 Å². The molecule has 0 radical (unpaired) electrons. The lowest BCUT2D eigenvalue weighted by Crippen LogP contribution is -2.40. The van der Waals surface area contributed by atoms with Gasteiger partial charge in [0, 0.05) is 19.3 Å². The molecule has 0 N–H and O–H groups in total. The summed E-state index contributed by atoms with van der Waals surface area (Å²) in [6, 6.07) is 0. The summed E-state index contributed by atoms with van der Waals surface area (Å²) in [6.45, 7) is 5.87. The quantitative estimate of drug-likeness (QED) is 0.255. The van der Waals surface area contributed by atoms with E-state index in [2.05, 4.69) is 37.9 Å². The van der Waals surface area contributed by atoms with Crippen molar-refractivity contribution in [3.05, 3.63) is 0 Å². The fraction of sp³-hybridized carbons (Fsp3) is 0.724. The highest BCUT2D eigenvalue weighted by atomic mass is 16.7. The number of carbonyl (C=O) groups excluding carboxylic acids is 8. The molecule has 6 aliphatic heterocycles. The van der Waals surface area contributed by atoms with Crippen molar-refractivity contribution in [1.82, 2.24) is 0 Å². The second-order valence-electron chi connectivity index (χ2n) is 9.76. The van der Waals surface area contributed by atoms with Crippen LogP contribution >= 0.6 is 0 Å². The molecule has 0 saturated carbocycles. The van der Waals surface area contributed by atoms with Crippen LogP contribution in [0.4, 0.5) is 4.79 Å². The molecule has 0 amide bonds. The Labute approximate surface area is 270 Å². The number of hydrogen-bond acceptors (Lipinski definition) is 18. The molecule has 6 heterocycles. The second-order valence-corrected chi connectivity index (χ2v) is 9.76. The summed E-state index contributed by atoms with van der Waals surface area (Å²) in [6.07, 6.45) is 5.31. The summed E-state index contributed by atoms with van der Waals surface area (Å²) < 4.78 is 45.2. The van der Waals surface area contributed by atoms with E-state index in [-0.39, 0.29) is 37.7 Å². The fourth-order valence-corrected chi connectivity index (χ4v) is 3.26. The number of cyclic esters (lactones) is 9. The lowest BCUT2D eigenvalue weighted by molar-refractivity contribution is -0.191. The summed E-state index contributed by atoms with van der Waals surface area (Å²) in [5, 5.41) is 0. The Kier molecular flexibility index (Phi) is 21.3. The first kappa shape index (κ1) is 40.5. The van der Waals surface area contributed by atoms with Gasteiger partial charge in [-0.3, -0.25) is 9.59 Å². The first-order valence-corrected chi connectivity index (χ1v) is 15.0. The Morgan fingerprint density at radius 1 is 0.404 bits per heavy atom. The van der Waals surface area contributed by atoms with Crippen molar-refractivity contribution in [3.8, 4) is 0 Å². The molecule has 2 unspecified atom stereocenters. The maximum Gasteiger partial charge on any atom is 0.508 e. The number of rotatable bonds is 0. The normalized spacial score (nSPS) is 23.4. The van der Waals surface area contributed by atoms with Gasteiger partial charge in [-0.15, -0.1) is 0 Å². The summed E-state index contributed by atoms with van der Waals surface area (Å²) in [7, 11) is 0. The molecule has 6 rings (SSSR count). The van der Waals surface area contributed by atoms with Crippen molar-refractivity contribution in [3.63, 3.8) is 0 Å². The van der Waals surface area contributed by atoms with Gasteiger partial charge in [-0.1, -0.05) is 0 Å². The number of esters is 7. The van der Waals surface area contributed by atoms with Gasteiger partial charge >= 0.3 is 47.9 Å². The molecule has 0 aromatic heterocycles. The van der Waals surface area contributed by atoms with Gasteiger partial charge in [0.1, 0.15) is 13.2 Å². The Morgan fingerprint density at radius 3 is 1.19 bits per heavy atom. The average Bonchev–Trinajstić information content (AvgIpc) is 3.31. The molecule has 18 heteroatoms. The molecular formula is C29H42O18. The molecule has 6 aliphatic rings. The van der Waals surface area contributed by atoms with Crippen molar-refractivity contribution in [2.24, 2.45) is 0 Å².